The zero-order valence-corrected chi connectivity index (χ0v) is 14.0. The molecule has 1 aliphatic heterocycles. The number of ether oxygens (including phenoxy) is 1. The van der Waals surface area contributed by atoms with Crippen molar-refractivity contribution in [1.82, 2.24) is 20.1 Å². The fourth-order valence-electron chi connectivity index (χ4n) is 2.48. The molecule has 2 aromatic rings. The summed E-state index contributed by atoms with van der Waals surface area (Å²) in [5.41, 5.74) is -0.258. The maximum Gasteiger partial charge on any atom is 0.416 e. The number of hydrogen-bond donors (Lipinski definition) is 2. The second kappa shape index (κ2) is 8.28. The number of nitrogens with zero attached hydrogens (tertiary/aromatic N) is 4. The molecule has 0 radical (unpaired) electrons. The van der Waals surface area contributed by atoms with E-state index in [1.165, 1.54) is 18.3 Å². The highest BCUT2D eigenvalue weighted by Gasteiger charge is 2.29. The molecule has 0 amide bonds. The minimum absolute atomic E-state index is 0.209. The molecule has 10 heteroatoms. The van der Waals surface area contributed by atoms with Gasteiger partial charge in [-0.3, -0.25) is 4.90 Å². The van der Waals surface area contributed by atoms with Gasteiger partial charge in [-0.05, 0) is 24.3 Å². The zero-order valence-electron chi connectivity index (χ0n) is 14.0. The smallest absolute Gasteiger partial charge is 0.379 e. The average molecular weight is 368 g/mol. The lowest BCUT2D eigenvalue weighted by Gasteiger charge is -2.26. The van der Waals surface area contributed by atoms with Crippen molar-refractivity contribution in [2.45, 2.75) is 6.18 Å². The number of hydrogen-bond acceptors (Lipinski definition) is 7. The van der Waals surface area contributed by atoms with Gasteiger partial charge >= 0.3 is 6.18 Å². The number of halogens is 3. The number of aromatic nitrogens is 3. The van der Waals surface area contributed by atoms with E-state index in [-0.39, 0.29) is 5.95 Å². The first-order chi connectivity index (χ1) is 12.5. The molecular formula is C16H19F3N6O. The van der Waals surface area contributed by atoms with Gasteiger partial charge in [0.25, 0.3) is 0 Å². The molecule has 26 heavy (non-hydrogen) atoms. The van der Waals surface area contributed by atoms with Crippen LogP contribution >= 0.6 is 0 Å². The molecule has 0 unspecified atom stereocenters. The van der Waals surface area contributed by atoms with E-state index in [9.17, 15) is 13.2 Å². The van der Waals surface area contributed by atoms with Gasteiger partial charge < -0.3 is 15.4 Å². The van der Waals surface area contributed by atoms with Gasteiger partial charge in [-0.2, -0.15) is 23.3 Å². The molecule has 2 N–H and O–H groups in total. The number of nitrogens with one attached hydrogen (secondary N) is 2. The van der Waals surface area contributed by atoms with Crippen molar-refractivity contribution in [3.63, 3.8) is 0 Å². The predicted octanol–water partition coefficient (Wildman–Crippen LogP) is 2.38. The largest absolute Gasteiger partial charge is 0.416 e. The minimum Gasteiger partial charge on any atom is -0.379 e. The van der Waals surface area contributed by atoms with Gasteiger partial charge in [0.15, 0.2) is 5.82 Å². The normalized spacial score (nSPS) is 15.7. The first-order valence-corrected chi connectivity index (χ1v) is 8.19. The Morgan fingerprint density at radius 3 is 2.54 bits per heavy atom. The lowest BCUT2D eigenvalue weighted by atomic mass is 10.2. The molecule has 1 aliphatic rings. The summed E-state index contributed by atoms with van der Waals surface area (Å²) in [5, 5.41) is 13.7. The fourth-order valence-corrected chi connectivity index (χ4v) is 2.48. The summed E-state index contributed by atoms with van der Waals surface area (Å²) in [6.07, 6.45) is -2.86. The van der Waals surface area contributed by atoms with Crippen molar-refractivity contribution in [2.75, 3.05) is 50.0 Å². The first-order valence-electron chi connectivity index (χ1n) is 8.19. The molecule has 140 valence electrons. The second-order valence-corrected chi connectivity index (χ2v) is 5.75. The van der Waals surface area contributed by atoms with Crippen molar-refractivity contribution in [2.24, 2.45) is 0 Å². The van der Waals surface area contributed by atoms with Crippen molar-refractivity contribution in [3.05, 3.63) is 36.0 Å². The van der Waals surface area contributed by atoms with E-state index in [4.69, 9.17) is 4.74 Å². The Kier molecular flexibility index (Phi) is 5.84. The molecule has 1 aromatic carbocycles. The molecule has 0 saturated carbocycles. The summed E-state index contributed by atoms with van der Waals surface area (Å²) in [4.78, 5) is 6.54. The second-order valence-electron chi connectivity index (χ2n) is 5.75. The highest BCUT2D eigenvalue weighted by Crippen LogP contribution is 2.30. The summed E-state index contributed by atoms with van der Waals surface area (Å²) < 4.78 is 43.0. The third-order valence-corrected chi connectivity index (χ3v) is 3.87. The molecule has 2 heterocycles. The van der Waals surface area contributed by atoms with Crippen molar-refractivity contribution < 1.29 is 17.9 Å². The summed E-state index contributed by atoms with van der Waals surface area (Å²) >= 11 is 0. The standard InChI is InChI=1S/C16H19F3N6O/c17-16(18,19)12-1-3-13(4-2-12)22-15-23-14(11-21-24-15)20-5-6-25-7-9-26-10-8-25/h1-4,11H,5-10H2,(H2,20,22,23,24). The van der Waals surface area contributed by atoms with E-state index in [1.807, 2.05) is 0 Å². The van der Waals surface area contributed by atoms with E-state index >= 15 is 0 Å². The Morgan fingerprint density at radius 1 is 1.12 bits per heavy atom. The fraction of sp³-hybridized carbons (Fsp3) is 0.438. The summed E-state index contributed by atoms with van der Waals surface area (Å²) in [6, 6.07) is 4.65. The van der Waals surface area contributed by atoms with Crippen LogP contribution in [0.3, 0.4) is 0 Å². The third kappa shape index (κ3) is 5.27. The van der Waals surface area contributed by atoms with Gasteiger partial charge in [0.2, 0.25) is 5.95 Å². The molecule has 0 bridgehead atoms. The van der Waals surface area contributed by atoms with E-state index in [1.54, 1.807) is 0 Å². The van der Waals surface area contributed by atoms with Gasteiger partial charge in [-0.1, -0.05) is 0 Å². The Morgan fingerprint density at radius 2 is 1.85 bits per heavy atom. The minimum atomic E-state index is -4.36. The number of anilines is 3. The Bertz CT molecular complexity index is 704. The number of morpholine rings is 1. The lowest BCUT2D eigenvalue weighted by Crippen LogP contribution is -2.39. The van der Waals surface area contributed by atoms with Crippen LogP contribution < -0.4 is 10.6 Å². The number of rotatable bonds is 6. The van der Waals surface area contributed by atoms with Crippen LogP contribution in [0.4, 0.5) is 30.6 Å². The Hall–Kier alpha value is -2.46. The van der Waals surface area contributed by atoms with Crippen molar-refractivity contribution in [3.8, 4) is 0 Å². The van der Waals surface area contributed by atoms with Crippen molar-refractivity contribution in [1.29, 1.82) is 0 Å². The van der Waals surface area contributed by atoms with E-state index in [2.05, 4.69) is 30.7 Å². The van der Waals surface area contributed by atoms with E-state index in [0.717, 1.165) is 45.0 Å². The van der Waals surface area contributed by atoms with Crippen LogP contribution in [-0.4, -0.2) is 59.5 Å². The zero-order chi connectivity index (χ0) is 18.4. The molecule has 0 aliphatic carbocycles. The van der Waals surface area contributed by atoms with Crippen LogP contribution in [0.25, 0.3) is 0 Å². The maximum atomic E-state index is 12.6. The SMILES string of the molecule is FC(F)(F)c1ccc(Nc2nncc(NCCN3CCOCC3)n2)cc1. The molecule has 1 saturated heterocycles. The van der Waals surface area contributed by atoms with Crippen molar-refractivity contribution >= 4 is 17.5 Å². The number of alkyl halides is 3. The van der Waals surface area contributed by atoms with Crippen LogP contribution in [0, 0.1) is 0 Å². The van der Waals surface area contributed by atoms with Gasteiger partial charge in [0.1, 0.15) is 0 Å². The van der Waals surface area contributed by atoms with Crippen LogP contribution in [0.15, 0.2) is 30.5 Å². The van der Waals surface area contributed by atoms with Gasteiger partial charge in [0, 0.05) is 31.9 Å². The topological polar surface area (TPSA) is 75.2 Å². The quantitative estimate of drug-likeness (QED) is 0.811. The molecule has 0 spiro atoms. The average Bonchev–Trinajstić information content (AvgIpc) is 2.63. The Labute approximate surface area is 148 Å². The van der Waals surface area contributed by atoms with Gasteiger partial charge in [-0.15, -0.1) is 5.10 Å². The summed E-state index contributed by atoms with van der Waals surface area (Å²) in [6.45, 7) is 4.86. The lowest BCUT2D eigenvalue weighted by molar-refractivity contribution is -0.137. The molecule has 0 atom stereocenters. The molecule has 1 fully saturated rings. The van der Waals surface area contributed by atoms with Gasteiger partial charge in [-0.25, -0.2) is 0 Å². The monoisotopic (exact) mass is 368 g/mol. The highest BCUT2D eigenvalue weighted by molar-refractivity contribution is 5.54. The van der Waals surface area contributed by atoms with E-state index in [0.29, 0.717) is 18.1 Å². The maximum absolute atomic E-state index is 12.6. The van der Waals surface area contributed by atoms with Crippen LogP contribution in [0.2, 0.25) is 0 Å². The molecular weight excluding hydrogens is 349 g/mol. The van der Waals surface area contributed by atoms with Crippen LogP contribution in [-0.2, 0) is 10.9 Å². The summed E-state index contributed by atoms with van der Waals surface area (Å²) in [7, 11) is 0. The Balaban J connectivity index is 1.53. The molecule has 1 aromatic heterocycles. The molecule has 3 rings (SSSR count). The third-order valence-electron chi connectivity index (χ3n) is 3.87. The van der Waals surface area contributed by atoms with Crippen LogP contribution in [0.5, 0.6) is 0 Å². The highest BCUT2D eigenvalue weighted by atomic mass is 19.4. The van der Waals surface area contributed by atoms with E-state index < -0.39 is 11.7 Å². The predicted molar refractivity (Wildman–Crippen MR) is 90.3 cm³/mol. The van der Waals surface area contributed by atoms with Crippen LogP contribution in [0.1, 0.15) is 5.56 Å². The first kappa shape index (κ1) is 18.3. The van der Waals surface area contributed by atoms with Gasteiger partial charge in [0.05, 0.1) is 25.0 Å². The molecule has 7 nitrogen and oxygen atoms in total. The number of benzene rings is 1. The summed E-state index contributed by atoms with van der Waals surface area (Å²) in [5.74, 6) is 0.754.